The second kappa shape index (κ2) is 8.91. The van der Waals surface area contributed by atoms with E-state index >= 15 is 0 Å². The Labute approximate surface area is 185 Å². The van der Waals surface area contributed by atoms with Crippen molar-refractivity contribution in [2.75, 3.05) is 17.7 Å². The van der Waals surface area contributed by atoms with Gasteiger partial charge in [0.1, 0.15) is 11.6 Å². The van der Waals surface area contributed by atoms with Gasteiger partial charge in [0.25, 0.3) is 0 Å². The average Bonchev–Trinajstić information content (AvgIpc) is 2.71. The molecule has 1 heterocycles. The summed E-state index contributed by atoms with van der Waals surface area (Å²) in [4.78, 5) is 7.96. The molecule has 0 unspecified atom stereocenters. The number of benzene rings is 2. The molecule has 1 aromatic heterocycles. The molecular weight excluding hydrogens is 483 g/mol. The molecule has 0 aliphatic heterocycles. The number of rotatable bonds is 5. The van der Waals surface area contributed by atoms with Crippen LogP contribution >= 0.6 is 0 Å². The first-order valence-electron chi connectivity index (χ1n) is 9.14. The molecule has 0 fully saturated rings. The molecule has 0 atom stereocenters. The van der Waals surface area contributed by atoms with Crippen LogP contribution in [-0.2, 0) is 12.4 Å². The summed E-state index contributed by atoms with van der Waals surface area (Å²) in [6.07, 6.45) is -15.1. The van der Waals surface area contributed by atoms with Gasteiger partial charge in [-0.2, -0.15) is 31.3 Å². The molecule has 5 nitrogen and oxygen atoms in total. The first kappa shape index (κ1) is 24.9. The molecule has 0 spiro atoms. The third kappa shape index (κ3) is 6.20. The summed E-state index contributed by atoms with van der Waals surface area (Å²) in [5, 5.41) is 4.85. The molecule has 0 saturated heterocycles. The summed E-state index contributed by atoms with van der Waals surface area (Å²) < 4.78 is 120. The lowest BCUT2D eigenvalue weighted by atomic mass is 10.1. The molecule has 34 heavy (non-hydrogen) atoms. The minimum absolute atomic E-state index is 0.00468. The molecule has 0 aliphatic rings. The van der Waals surface area contributed by atoms with Crippen molar-refractivity contribution >= 4 is 17.5 Å². The highest BCUT2D eigenvalue weighted by Gasteiger charge is 2.38. The first-order valence-corrected chi connectivity index (χ1v) is 9.14. The quantitative estimate of drug-likeness (QED) is 0.378. The molecule has 0 amide bonds. The zero-order valence-electron chi connectivity index (χ0n) is 16.8. The second-order valence-electron chi connectivity index (χ2n) is 6.67. The molecule has 0 bridgehead atoms. The fourth-order valence-electron chi connectivity index (χ4n) is 2.83. The summed E-state index contributed by atoms with van der Waals surface area (Å²) in [7, 11) is 1.38. The zero-order chi connectivity index (χ0) is 25.3. The topological polar surface area (TPSA) is 59.1 Å². The molecule has 2 aromatic carbocycles. The van der Waals surface area contributed by atoms with E-state index in [1.165, 1.54) is 19.2 Å². The first-order chi connectivity index (χ1) is 15.7. The highest BCUT2D eigenvalue weighted by molar-refractivity contribution is 5.70. The Bertz CT molecular complexity index is 1170. The van der Waals surface area contributed by atoms with Crippen LogP contribution in [0.15, 0.2) is 48.5 Å². The van der Waals surface area contributed by atoms with Crippen molar-refractivity contribution in [3.8, 4) is 17.0 Å². The van der Waals surface area contributed by atoms with Crippen LogP contribution < -0.4 is 15.4 Å². The minimum Gasteiger partial charge on any atom is -0.406 e. The molecule has 14 heteroatoms. The summed E-state index contributed by atoms with van der Waals surface area (Å²) in [6.45, 7) is 0. The van der Waals surface area contributed by atoms with Crippen LogP contribution in [0.3, 0.4) is 0 Å². The summed E-state index contributed by atoms with van der Waals surface area (Å²) in [6, 6.07) is 6.79. The summed E-state index contributed by atoms with van der Waals surface area (Å²) in [5.41, 5.74) is -3.70. The molecular formula is C20H13F9N4O. The van der Waals surface area contributed by atoms with Gasteiger partial charge in [0.05, 0.1) is 22.5 Å². The molecule has 0 aliphatic carbocycles. The van der Waals surface area contributed by atoms with Gasteiger partial charge in [-0.15, -0.1) is 13.2 Å². The lowest BCUT2D eigenvalue weighted by Crippen LogP contribution is -2.17. The third-order valence-electron chi connectivity index (χ3n) is 4.23. The Morgan fingerprint density at radius 2 is 1.50 bits per heavy atom. The Morgan fingerprint density at radius 1 is 0.794 bits per heavy atom. The Balaban J connectivity index is 2.03. The minimum atomic E-state index is -5.13. The van der Waals surface area contributed by atoms with Gasteiger partial charge in [0, 0.05) is 18.7 Å². The highest BCUT2D eigenvalue weighted by Crippen LogP contribution is 2.40. The van der Waals surface area contributed by atoms with Gasteiger partial charge < -0.3 is 15.4 Å². The van der Waals surface area contributed by atoms with Crippen LogP contribution in [0.5, 0.6) is 5.75 Å². The standard InChI is InChI=1S/C20H13F9N4O/c1-30-17-32-15(10-3-2-4-12(7-10)34-20(27,28)29)9-16(33-17)31-14-6-5-11(18(21,22)23)8-13(14)19(24,25)26/h2-9H,1H3,(H2,30,31,32,33). The Morgan fingerprint density at radius 3 is 2.09 bits per heavy atom. The van der Waals surface area contributed by atoms with Gasteiger partial charge in [-0.25, -0.2) is 4.98 Å². The maximum atomic E-state index is 13.4. The van der Waals surface area contributed by atoms with Crippen LogP contribution in [0.25, 0.3) is 11.3 Å². The maximum absolute atomic E-state index is 13.4. The predicted molar refractivity (Wildman–Crippen MR) is 103 cm³/mol. The van der Waals surface area contributed by atoms with Crippen molar-refractivity contribution in [1.29, 1.82) is 0 Å². The van der Waals surface area contributed by atoms with E-state index in [-0.39, 0.29) is 29.1 Å². The van der Waals surface area contributed by atoms with E-state index in [0.717, 1.165) is 18.2 Å². The SMILES string of the molecule is CNc1nc(Nc2ccc(C(F)(F)F)cc2C(F)(F)F)cc(-c2cccc(OC(F)(F)F)c2)n1. The molecule has 182 valence electrons. The van der Waals surface area contributed by atoms with Gasteiger partial charge in [-0.05, 0) is 30.3 Å². The van der Waals surface area contributed by atoms with Crippen molar-refractivity contribution < 1.29 is 44.3 Å². The largest absolute Gasteiger partial charge is 0.573 e. The molecule has 3 rings (SSSR count). The van der Waals surface area contributed by atoms with Gasteiger partial charge >= 0.3 is 18.7 Å². The van der Waals surface area contributed by atoms with Crippen LogP contribution in [0.4, 0.5) is 57.0 Å². The Kier molecular flexibility index (Phi) is 6.53. The normalized spacial score (nSPS) is 12.4. The zero-order valence-corrected chi connectivity index (χ0v) is 16.8. The number of nitrogens with zero attached hydrogens (tertiary/aromatic N) is 2. The number of hydrogen-bond acceptors (Lipinski definition) is 5. The molecule has 2 N–H and O–H groups in total. The summed E-state index contributed by atoms with van der Waals surface area (Å²) >= 11 is 0. The number of halogens is 9. The van der Waals surface area contributed by atoms with Gasteiger partial charge in [-0.3, -0.25) is 0 Å². The van der Waals surface area contributed by atoms with Gasteiger partial charge in [-0.1, -0.05) is 12.1 Å². The smallest absolute Gasteiger partial charge is 0.406 e. The van der Waals surface area contributed by atoms with Crippen LogP contribution in [0, 0.1) is 0 Å². The van der Waals surface area contributed by atoms with Crippen molar-refractivity contribution in [3.05, 3.63) is 59.7 Å². The number of alkyl halides is 9. The van der Waals surface area contributed by atoms with Crippen molar-refractivity contribution in [1.82, 2.24) is 9.97 Å². The maximum Gasteiger partial charge on any atom is 0.573 e. The molecule has 0 saturated carbocycles. The van der Waals surface area contributed by atoms with E-state index in [2.05, 4.69) is 25.3 Å². The predicted octanol–water partition coefficient (Wildman–Crippen LogP) is 6.87. The van der Waals surface area contributed by atoms with E-state index in [9.17, 15) is 39.5 Å². The van der Waals surface area contributed by atoms with Crippen LogP contribution in [0.1, 0.15) is 11.1 Å². The highest BCUT2D eigenvalue weighted by atomic mass is 19.4. The molecule has 3 aromatic rings. The van der Waals surface area contributed by atoms with E-state index in [0.29, 0.717) is 12.1 Å². The van der Waals surface area contributed by atoms with Gasteiger partial charge in [0.2, 0.25) is 5.95 Å². The lowest BCUT2D eigenvalue weighted by molar-refractivity contribution is -0.274. The monoisotopic (exact) mass is 496 g/mol. The van der Waals surface area contributed by atoms with Crippen molar-refractivity contribution in [3.63, 3.8) is 0 Å². The van der Waals surface area contributed by atoms with E-state index in [4.69, 9.17) is 0 Å². The number of anilines is 3. The van der Waals surface area contributed by atoms with Crippen LogP contribution in [0.2, 0.25) is 0 Å². The van der Waals surface area contributed by atoms with Crippen LogP contribution in [-0.4, -0.2) is 23.4 Å². The Hall–Kier alpha value is -3.71. The number of aromatic nitrogens is 2. The number of hydrogen-bond donors (Lipinski definition) is 2. The third-order valence-corrected chi connectivity index (χ3v) is 4.23. The fraction of sp³-hybridized carbons (Fsp3) is 0.200. The fourth-order valence-corrected chi connectivity index (χ4v) is 2.83. The van der Waals surface area contributed by atoms with E-state index in [1.807, 2.05) is 0 Å². The number of nitrogens with one attached hydrogen (secondary N) is 2. The van der Waals surface area contributed by atoms with Gasteiger partial charge in [0.15, 0.2) is 0 Å². The lowest BCUT2D eigenvalue weighted by Gasteiger charge is -2.17. The second-order valence-corrected chi connectivity index (χ2v) is 6.67. The van der Waals surface area contributed by atoms with E-state index < -0.39 is 41.3 Å². The van der Waals surface area contributed by atoms with E-state index in [1.54, 1.807) is 0 Å². The van der Waals surface area contributed by atoms with Crippen molar-refractivity contribution in [2.45, 2.75) is 18.7 Å². The summed E-state index contributed by atoms with van der Waals surface area (Å²) in [5.74, 6) is -0.949. The number of ether oxygens (including phenoxy) is 1. The average molecular weight is 496 g/mol. The molecule has 0 radical (unpaired) electrons. The van der Waals surface area contributed by atoms with Crippen molar-refractivity contribution in [2.24, 2.45) is 0 Å².